The molecule has 10 heteroatoms. The smallest absolute Gasteiger partial charge is 0.416 e. The number of alkyl halides is 3. The maximum Gasteiger partial charge on any atom is 0.416 e. The molecule has 0 aliphatic rings. The Bertz CT molecular complexity index is 973. The lowest BCUT2D eigenvalue weighted by molar-refractivity contribution is -0.139. The minimum Gasteiger partial charge on any atom is -0.496 e. The standard InChI is InChI=1S/C18H18F3NO5S/c1-12-9-15(7-8-16(12)26-2)28(24,25)22(11-17(23)27-3)14-6-4-5-13(10-14)18(19,20)21/h4-10H,11H2,1-3H3. The van der Waals surface area contributed by atoms with Crippen LogP contribution in [0.15, 0.2) is 47.4 Å². The highest BCUT2D eigenvalue weighted by Crippen LogP contribution is 2.33. The summed E-state index contributed by atoms with van der Waals surface area (Å²) in [6, 6.07) is 7.69. The van der Waals surface area contributed by atoms with E-state index in [2.05, 4.69) is 4.74 Å². The summed E-state index contributed by atoms with van der Waals surface area (Å²) in [5, 5.41) is 0. The van der Waals surface area contributed by atoms with Crippen molar-refractivity contribution in [1.29, 1.82) is 0 Å². The van der Waals surface area contributed by atoms with Crippen molar-refractivity contribution in [3.05, 3.63) is 53.6 Å². The summed E-state index contributed by atoms with van der Waals surface area (Å²) in [6.45, 7) is 0.831. The van der Waals surface area contributed by atoms with Crippen LogP contribution in [0.2, 0.25) is 0 Å². The molecule has 6 nitrogen and oxygen atoms in total. The highest BCUT2D eigenvalue weighted by atomic mass is 32.2. The summed E-state index contributed by atoms with van der Waals surface area (Å²) < 4.78 is 75.5. The van der Waals surface area contributed by atoms with Gasteiger partial charge in [0.1, 0.15) is 12.3 Å². The molecule has 28 heavy (non-hydrogen) atoms. The van der Waals surface area contributed by atoms with Gasteiger partial charge in [0.2, 0.25) is 0 Å². The summed E-state index contributed by atoms with van der Waals surface area (Å²) in [4.78, 5) is 11.6. The molecule has 0 saturated carbocycles. The molecule has 0 aliphatic heterocycles. The number of ether oxygens (including phenoxy) is 2. The minimum atomic E-state index is -4.67. The molecule has 0 atom stereocenters. The van der Waals surface area contributed by atoms with Gasteiger partial charge < -0.3 is 9.47 Å². The van der Waals surface area contributed by atoms with Crippen molar-refractivity contribution in [1.82, 2.24) is 0 Å². The average Bonchev–Trinajstić information content (AvgIpc) is 2.65. The fourth-order valence-electron chi connectivity index (χ4n) is 2.47. The quantitative estimate of drug-likeness (QED) is 0.674. The monoisotopic (exact) mass is 417 g/mol. The van der Waals surface area contributed by atoms with Crippen LogP contribution in [-0.2, 0) is 25.7 Å². The van der Waals surface area contributed by atoms with Crippen LogP contribution in [0.1, 0.15) is 11.1 Å². The number of sulfonamides is 1. The lowest BCUT2D eigenvalue weighted by Gasteiger charge is -2.24. The van der Waals surface area contributed by atoms with Gasteiger partial charge in [-0.25, -0.2) is 8.42 Å². The third kappa shape index (κ3) is 4.56. The molecule has 0 spiro atoms. The zero-order valence-electron chi connectivity index (χ0n) is 15.3. The maximum atomic E-state index is 13.1. The summed E-state index contributed by atoms with van der Waals surface area (Å²) >= 11 is 0. The van der Waals surface area contributed by atoms with E-state index < -0.39 is 34.3 Å². The topological polar surface area (TPSA) is 72.9 Å². The van der Waals surface area contributed by atoms with Gasteiger partial charge in [-0.2, -0.15) is 13.2 Å². The fourth-order valence-corrected chi connectivity index (χ4v) is 3.96. The van der Waals surface area contributed by atoms with Gasteiger partial charge in [-0.1, -0.05) is 6.07 Å². The van der Waals surface area contributed by atoms with Gasteiger partial charge in [-0.3, -0.25) is 9.10 Å². The van der Waals surface area contributed by atoms with Crippen molar-refractivity contribution in [3.8, 4) is 5.75 Å². The molecule has 2 aromatic rings. The number of hydrogen-bond donors (Lipinski definition) is 0. The molecule has 0 N–H and O–H groups in total. The molecule has 152 valence electrons. The Morgan fingerprint density at radius 1 is 1.11 bits per heavy atom. The Hall–Kier alpha value is -2.75. The molecule has 0 fully saturated rings. The van der Waals surface area contributed by atoms with Gasteiger partial charge in [0.05, 0.1) is 30.4 Å². The third-order valence-electron chi connectivity index (χ3n) is 3.92. The Labute approximate surface area is 160 Å². The van der Waals surface area contributed by atoms with Crippen LogP contribution < -0.4 is 9.04 Å². The summed E-state index contributed by atoms with van der Waals surface area (Å²) in [6.07, 6.45) is -4.67. The zero-order valence-corrected chi connectivity index (χ0v) is 16.1. The van der Waals surface area contributed by atoms with E-state index in [1.807, 2.05) is 0 Å². The number of methoxy groups -OCH3 is 2. The Kier molecular flexibility index (Phi) is 6.23. The lowest BCUT2D eigenvalue weighted by atomic mass is 10.2. The van der Waals surface area contributed by atoms with Crippen LogP contribution in [0, 0.1) is 6.92 Å². The molecule has 0 aromatic heterocycles. The van der Waals surface area contributed by atoms with Crippen molar-refractivity contribution in [2.45, 2.75) is 18.0 Å². The van der Waals surface area contributed by atoms with Crippen LogP contribution in [-0.4, -0.2) is 35.2 Å². The van der Waals surface area contributed by atoms with Crippen LogP contribution >= 0.6 is 0 Å². The molecule has 0 heterocycles. The first kappa shape index (κ1) is 21.5. The van der Waals surface area contributed by atoms with Crippen molar-refractivity contribution >= 4 is 21.7 Å². The number of benzene rings is 2. The van der Waals surface area contributed by atoms with Gasteiger partial charge in [-0.15, -0.1) is 0 Å². The summed E-state index contributed by atoms with van der Waals surface area (Å²) in [7, 11) is -1.89. The van der Waals surface area contributed by atoms with Crippen molar-refractivity contribution in [2.75, 3.05) is 25.1 Å². The van der Waals surface area contributed by atoms with E-state index >= 15 is 0 Å². The van der Waals surface area contributed by atoms with Crippen LogP contribution in [0.4, 0.5) is 18.9 Å². The van der Waals surface area contributed by atoms with E-state index in [1.54, 1.807) is 6.92 Å². The van der Waals surface area contributed by atoms with Crippen molar-refractivity contribution in [3.63, 3.8) is 0 Å². The van der Waals surface area contributed by atoms with E-state index in [0.29, 0.717) is 21.7 Å². The number of rotatable bonds is 6. The number of carbonyl (C=O) groups excluding carboxylic acids is 1. The second-order valence-corrected chi connectivity index (χ2v) is 7.63. The first-order valence-electron chi connectivity index (χ1n) is 7.92. The number of hydrogen-bond acceptors (Lipinski definition) is 5. The summed E-state index contributed by atoms with van der Waals surface area (Å²) in [5.74, 6) is -0.483. The molecule has 0 unspecified atom stereocenters. The number of esters is 1. The first-order chi connectivity index (χ1) is 13.0. The predicted molar refractivity (Wildman–Crippen MR) is 95.7 cm³/mol. The first-order valence-corrected chi connectivity index (χ1v) is 9.36. The van der Waals surface area contributed by atoms with Crippen LogP contribution in [0.25, 0.3) is 0 Å². The Morgan fingerprint density at radius 2 is 1.79 bits per heavy atom. The molecule has 2 rings (SSSR count). The third-order valence-corrected chi connectivity index (χ3v) is 5.69. The number of halogens is 3. The fraction of sp³-hybridized carbons (Fsp3) is 0.278. The van der Waals surface area contributed by atoms with E-state index in [4.69, 9.17) is 4.74 Å². The number of aryl methyl sites for hydroxylation is 1. The van der Waals surface area contributed by atoms with Gasteiger partial charge in [0.15, 0.2) is 0 Å². The Morgan fingerprint density at radius 3 is 2.32 bits per heavy atom. The predicted octanol–water partition coefficient (Wildman–Crippen LogP) is 3.39. The molecular formula is C18H18F3NO5S. The SMILES string of the molecule is COC(=O)CN(c1cccc(C(F)(F)F)c1)S(=O)(=O)c1ccc(OC)c(C)c1. The van der Waals surface area contributed by atoms with Gasteiger partial charge in [-0.05, 0) is 48.9 Å². The number of nitrogens with zero attached hydrogens (tertiary/aromatic N) is 1. The number of anilines is 1. The van der Waals surface area contributed by atoms with Crippen LogP contribution in [0.3, 0.4) is 0 Å². The van der Waals surface area contributed by atoms with E-state index in [0.717, 1.165) is 19.2 Å². The highest BCUT2D eigenvalue weighted by Gasteiger charge is 2.33. The van der Waals surface area contributed by atoms with Gasteiger partial charge in [0.25, 0.3) is 10.0 Å². The summed E-state index contributed by atoms with van der Waals surface area (Å²) in [5.41, 5.74) is -0.847. The lowest BCUT2D eigenvalue weighted by Crippen LogP contribution is -2.36. The maximum absolute atomic E-state index is 13.1. The molecule has 0 radical (unpaired) electrons. The van der Waals surface area contributed by atoms with Gasteiger partial charge in [0, 0.05) is 0 Å². The Balaban J connectivity index is 2.60. The second-order valence-electron chi connectivity index (χ2n) is 5.77. The van der Waals surface area contributed by atoms with Crippen molar-refractivity contribution < 1.29 is 35.9 Å². The van der Waals surface area contributed by atoms with Crippen LogP contribution in [0.5, 0.6) is 5.75 Å². The average molecular weight is 417 g/mol. The van der Waals surface area contributed by atoms with Gasteiger partial charge >= 0.3 is 12.1 Å². The largest absolute Gasteiger partial charge is 0.496 e. The zero-order chi connectivity index (χ0) is 21.1. The molecule has 2 aromatic carbocycles. The second kappa shape index (κ2) is 8.09. The molecule has 0 saturated heterocycles. The highest BCUT2D eigenvalue weighted by molar-refractivity contribution is 7.92. The molecule has 0 amide bonds. The molecule has 0 aliphatic carbocycles. The molecular weight excluding hydrogens is 399 g/mol. The minimum absolute atomic E-state index is 0.202. The van der Waals surface area contributed by atoms with E-state index in [9.17, 15) is 26.4 Å². The van der Waals surface area contributed by atoms with E-state index in [1.165, 1.54) is 31.4 Å². The van der Waals surface area contributed by atoms with Crippen molar-refractivity contribution in [2.24, 2.45) is 0 Å². The van der Waals surface area contributed by atoms with E-state index in [-0.39, 0.29) is 10.6 Å². The molecule has 0 bridgehead atoms. The normalized spacial score (nSPS) is 11.8. The number of carbonyl (C=O) groups is 1.